The van der Waals surface area contributed by atoms with Gasteiger partial charge in [0.25, 0.3) is 0 Å². The van der Waals surface area contributed by atoms with Crippen molar-refractivity contribution < 1.29 is 9.59 Å². The van der Waals surface area contributed by atoms with Gasteiger partial charge in [0.1, 0.15) is 6.04 Å². The molecule has 0 saturated heterocycles. The number of hydrogen-bond acceptors (Lipinski definition) is 4. The van der Waals surface area contributed by atoms with Gasteiger partial charge in [0, 0.05) is 25.5 Å². The van der Waals surface area contributed by atoms with Crippen molar-refractivity contribution in [3.8, 4) is 0 Å². The molecule has 0 saturated carbocycles. The minimum atomic E-state index is -0.592. The first kappa shape index (κ1) is 17.8. The molecule has 0 aliphatic carbocycles. The van der Waals surface area contributed by atoms with Crippen LogP contribution in [0.25, 0.3) is 0 Å². The maximum atomic E-state index is 12.3. The molecule has 3 rings (SSSR count). The first-order chi connectivity index (χ1) is 12.3. The van der Waals surface area contributed by atoms with Gasteiger partial charge in [0.2, 0.25) is 11.8 Å². The van der Waals surface area contributed by atoms with Crippen LogP contribution in [-0.4, -0.2) is 32.0 Å². The number of hydrogen-bond donors (Lipinski definition) is 3. The number of carbonyl (C=O) groups is 2. The van der Waals surface area contributed by atoms with Crippen LogP contribution in [0.5, 0.6) is 0 Å². The molecular formula is C20H24N4O2. The molecule has 0 aromatic heterocycles. The monoisotopic (exact) mass is 352 g/mol. The van der Waals surface area contributed by atoms with Gasteiger partial charge in [-0.2, -0.15) is 0 Å². The summed E-state index contributed by atoms with van der Waals surface area (Å²) in [4.78, 5) is 26.6. The average molecular weight is 352 g/mol. The van der Waals surface area contributed by atoms with Crippen LogP contribution >= 0.6 is 0 Å². The summed E-state index contributed by atoms with van der Waals surface area (Å²) < 4.78 is 0. The maximum Gasteiger partial charge on any atom is 0.247 e. The standard InChI is InChI=1S/C20H24N4O2/c1-12-9-16-17(10-13(12)2)23-20(26)18(22-16)11-19(25)21-14-5-7-15(8-6-14)24(3)4/h5-10,18,22H,11H2,1-4H3,(H,21,25)(H,23,26)/t18-/m1/s1. The normalized spacial score (nSPS) is 15.5. The van der Waals surface area contributed by atoms with E-state index < -0.39 is 6.04 Å². The molecule has 2 aromatic carbocycles. The van der Waals surface area contributed by atoms with Crippen molar-refractivity contribution in [3.05, 3.63) is 47.5 Å². The zero-order valence-corrected chi connectivity index (χ0v) is 15.5. The number of fused-ring (bicyclic) bond motifs is 1. The SMILES string of the molecule is Cc1cc2c(cc1C)N[C@H](CC(=O)Nc1ccc(N(C)C)cc1)C(=O)N2. The lowest BCUT2D eigenvalue weighted by molar-refractivity contribution is -0.122. The van der Waals surface area contributed by atoms with Crippen molar-refractivity contribution in [1.29, 1.82) is 0 Å². The lowest BCUT2D eigenvalue weighted by Crippen LogP contribution is -2.41. The molecule has 1 heterocycles. The highest BCUT2D eigenvalue weighted by atomic mass is 16.2. The number of nitrogens with one attached hydrogen (secondary N) is 3. The minimum absolute atomic E-state index is 0.0631. The molecular weight excluding hydrogens is 328 g/mol. The van der Waals surface area contributed by atoms with Crippen molar-refractivity contribution in [3.63, 3.8) is 0 Å². The Bertz CT molecular complexity index is 844. The molecule has 3 N–H and O–H groups in total. The van der Waals surface area contributed by atoms with Gasteiger partial charge in [0.15, 0.2) is 0 Å². The summed E-state index contributed by atoms with van der Waals surface area (Å²) >= 11 is 0. The Hall–Kier alpha value is -3.02. The van der Waals surface area contributed by atoms with E-state index in [9.17, 15) is 9.59 Å². The quantitative estimate of drug-likeness (QED) is 0.790. The molecule has 2 aromatic rings. The third-order valence-electron chi connectivity index (χ3n) is 4.59. The number of benzene rings is 2. The fourth-order valence-corrected chi connectivity index (χ4v) is 2.90. The molecule has 6 heteroatoms. The topological polar surface area (TPSA) is 73.5 Å². The molecule has 26 heavy (non-hydrogen) atoms. The third-order valence-corrected chi connectivity index (χ3v) is 4.59. The summed E-state index contributed by atoms with van der Waals surface area (Å²) in [5.41, 5.74) is 5.62. The Morgan fingerprint density at radius 1 is 1.08 bits per heavy atom. The first-order valence-corrected chi connectivity index (χ1v) is 8.59. The van der Waals surface area contributed by atoms with Crippen molar-refractivity contribution in [2.75, 3.05) is 34.9 Å². The van der Waals surface area contributed by atoms with Gasteiger partial charge in [-0.1, -0.05) is 0 Å². The third kappa shape index (κ3) is 3.79. The van der Waals surface area contributed by atoms with Crippen LogP contribution in [0, 0.1) is 13.8 Å². The number of anilines is 4. The summed E-state index contributed by atoms with van der Waals surface area (Å²) in [7, 11) is 3.92. The summed E-state index contributed by atoms with van der Waals surface area (Å²) in [6.45, 7) is 4.02. The van der Waals surface area contributed by atoms with Crippen LogP contribution in [0.4, 0.5) is 22.7 Å². The summed E-state index contributed by atoms with van der Waals surface area (Å²) in [5.74, 6) is -0.401. The van der Waals surface area contributed by atoms with E-state index in [1.54, 1.807) is 0 Å². The molecule has 2 amide bonds. The van der Waals surface area contributed by atoms with Crippen LogP contribution in [0.3, 0.4) is 0 Å². The van der Waals surface area contributed by atoms with E-state index in [1.165, 1.54) is 0 Å². The lowest BCUT2D eigenvalue weighted by atomic mass is 10.0. The van der Waals surface area contributed by atoms with Gasteiger partial charge in [0.05, 0.1) is 17.8 Å². The Kier molecular flexibility index (Phi) is 4.84. The number of aryl methyl sites for hydroxylation is 2. The first-order valence-electron chi connectivity index (χ1n) is 8.59. The molecule has 0 bridgehead atoms. The van der Waals surface area contributed by atoms with Crippen molar-refractivity contribution in [1.82, 2.24) is 0 Å². The molecule has 0 unspecified atom stereocenters. The molecule has 1 aliphatic heterocycles. The molecule has 0 radical (unpaired) electrons. The molecule has 0 fully saturated rings. The highest BCUT2D eigenvalue weighted by Gasteiger charge is 2.27. The second kappa shape index (κ2) is 7.07. The lowest BCUT2D eigenvalue weighted by Gasteiger charge is -2.27. The molecule has 136 valence electrons. The van der Waals surface area contributed by atoms with Crippen LogP contribution in [0.15, 0.2) is 36.4 Å². The van der Waals surface area contributed by atoms with Gasteiger partial charge in [-0.05, 0) is 61.4 Å². The number of amides is 2. The van der Waals surface area contributed by atoms with Crippen LogP contribution < -0.4 is 20.9 Å². The Morgan fingerprint density at radius 3 is 2.31 bits per heavy atom. The number of rotatable bonds is 4. The predicted octanol–water partition coefficient (Wildman–Crippen LogP) is 3.13. The van der Waals surface area contributed by atoms with E-state index in [0.717, 1.165) is 28.2 Å². The van der Waals surface area contributed by atoms with Gasteiger partial charge in [-0.25, -0.2) is 0 Å². The molecule has 0 spiro atoms. The van der Waals surface area contributed by atoms with Crippen molar-refractivity contribution in [2.45, 2.75) is 26.3 Å². The van der Waals surface area contributed by atoms with E-state index in [0.29, 0.717) is 5.69 Å². The zero-order chi connectivity index (χ0) is 18.8. The van der Waals surface area contributed by atoms with E-state index >= 15 is 0 Å². The fourth-order valence-electron chi connectivity index (χ4n) is 2.90. The maximum absolute atomic E-state index is 12.3. The summed E-state index contributed by atoms with van der Waals surface area (Å²) in [5, 5.41) is 8.90. The fraction of sp³-hybridized carbons (Fsp3) is 0.300. The van der Waals surface area contributed by atoms with Crippen LogP contribution in [0.2, 0.25) is 0 Å². The van der Waals surface area contributed by atoms with Gasteiger partial charge >= 0.3 is 0 Å². The summed E-state index contributed by atoms with van der Waals surface area (Å²) in [6.07, 6.45) is 0.0631. The van der Waals surface area contributed by atoms with Gasteiger partial charge in [-0.15, -0.1) is 0 Å². The van der Waals surface area contributed by atoms with Crippen LogP contribution in [0.1, 0.15) is 17.5 Å². The van der Waals surface area contributed by atoms with E-state index in [2.05, 4.69) is 16.0 Å². The van der Waals surface area contributed by atoms with Crippen molar-refractivity contribution >= 4 is 34.6 Å². The van der Waals surface area contributed by atoms with Gasteiger partial charge < -0.3 is 20.9 Å². The van der Waals surface area contributed by atoms with Crippen LogP contribution in [-0.2, 0) is 9.59 Å². The van der Waals surface area contributed by atoms with E-state index in [4.69, 9.17) is 0 Å². The van der Waals surface area contributed by atoms with Gasteiger partial charge in [-0.3, -0.25) is 9.59 Å². The van der Waals surface area contributed by atoms with E-state index in [1.807, 2.05) is 69.2 Å². The summed E-state index contributed by atoms with van der Waals surface area (Å²) in [6, 6.07) is 10.9. The number of carbonyl (C=O) groups excluding carboxylic acids is 2. The highest BCUT2D eigenvalue weighted by Crippen LogP contribution is 2.30. The largest absolute Gasteiger partial charge is 0.378 e. The number of nitrogens with zero attached hydrogens (tertiary/aromatic N) is 1. The Balaban J connectivity index is 1.65. The van der Waals surface area contributed by atoms with E-state index in [-0.39, 0.29) is 18.2 Å². The Morgan fingerprint density at radius 2 is 1.69 bits per heavy atom. The van der Waals surface area contributed by atoms with Crippen molar-refractivity contribution in [2.24, 2.45) is 0 Å². The predicted molar refractivity (Wildman–Crippen MR) is 106 cm³/mol. The molecule has 1 atom stereocenters. The highest BCUT2D eigenvalue weighted by molar-refractivity contribution is 6.06. The zero-order valence-electron chi connectivity index (χ0n) is 15.5. The second-order valence-corrected chi connectivity index (χ2v) is 6.86. The minimum Gasteiger partial charge on any atom is -0.378 e. The smallest absolute Gasteiger partial charge is 0.247 e. The Labute approximate surface area is 153 Å². The molecule has 6 nitrogen and oxygen atoms in total. The molecule has 1 aliphatic rings. The average Bonchev–Trinajstić information content (AvgIpc) is 2.58. The second-order valence-electron chi connectivity index (χ2n) is 6.86.